The van der Waals surface area contributed by atoms with E-state index < -0.39 is 34.1 Å². The number of carbonyl (C=O) groups is 2. The smallest absolute Gasteiger partial charge is 0.311 e. The maximum Gasteiger partial charge on any atom is 0.311 e. The first-order chi connectivity index (χ1) is 16.4. The summed E-state index contributed by atoms with van der Waals surface area (Å²) in [6.45, 7) is 10.3. The molecule has 9 nitrogen and oxygen atoms in total. The average Bonchev–Trinajstić information content (AvgIpc) is 3.04. The molecule has 186 valence electrons. The van der Waals surface area contributed by atoms with Crippen LogP contribution in [0.4, 0.5) is 5.69 Å². The van der Waals surface area contributed by atoms with Gasteiger partial charge in [0.25, 0.3) is 11.7 Å². The average molecular weight is 483 g/mol. The van der Waals surface area contributed by atoms with E-state index in [2.05, 4.69) is 0 Å². The first kappa shape index (κ1) is 25.7. The van der Waals surface area contributed by atoms with Gasteiger partial charge in [0.15, 0.2) is 5.75 Å². The highest BCUT2D eigenvalue weighted by atomic mass is 16.6. The van der Waals surface area contributed by atoms with Crippen molar-refractivity contribution in [1.82, 2.24) is 4.90 Å². The van der Waals surface area contributed by atoms with E-state index in [-0.39, 0.29) is 28.9 Å². The van der Waals surface area contributed by atoms with Crippen molar-refractivity contribution < 1.29 is 29.5 Å². The van der Waals surface area contributed by atoms with Gasteiger partial charge in [0.1, 0.15) is 11.5 Å². The van der Waals surface area contributed by atoms with Crippen molar-refractivity contribution in [3.05, 3.63) is 68.8 Å². The molecule has 1 saturated heterocycles. The number of phenolic OH excluding ortho intramolecular Hbond substituents is 1. The zero-order valence-electron chi connectivity index (χ0n) is 20.5. The molecule has 3 rings (SSSR count). The summed E-state index contributed by atoms with van der Waals surface area (Å²) in [6.07, 6.45) is 0.529. The number of benzene rings is 2. The summed E-state index contributed by atoms with van der Waals surface area (Å²) in [7, 11) is 0. The Morgan fingerprint density at radius 1 is 1.14 bits per heavy atom. The molecule has 9 heteroatoms. The number of hydrogen-bond donors (Lipinski definition) is 2. The van der Waals surface area contributed by atoms with Crippen LogP contribution in [-0.4, -0.2) is 44.9 Å². The maximum absolute atomic E-state index is 13.1. The molecule has 0 aromatic heterocycles. The molecule has 0 spiro atoms. The van der Waals surface area contributed by atoms with Gasteiger partial charge in [-0.1, -0.05) is 33.8 Å². The SMILES string of the molecule is CCCN1C(=O)C(=O)/C(=C(\O)c2ccc(OCC)c(C(C)(C)C)c2)C1c1ccc(O)c([N+](=O)[O-])c1. The summed E-state index contributed by atoms with van der Waals surface area (Å²) in [5.74, 6) is -1.93. The molecular weight excluding hydrogens is 452 g/mol. The van der Waals surface area contributed by atoms with E-state index in [9.17, 15) is 29.9 Å². The number of Topliss-reactive ketones (excluding diaryl/α,β-unsaturated/α-hetero) is 1. The maximum atomic E-state index is 13.1. The molecule has 1 fully saturated rings. The van der Waals surface area contributed by atoms with Gasteiger partial charge < -0.3 is 19.8 Å². The Kier molecular flexibility index (Phi) is 7.19. The van der Waals surface area contributed by atoms with Crippen LogP contribution in [0.2, 0.25) is 0 Å². The Balaban J connectivity index is 2.26. The number of ether oxygens (including phenoxy) is 1. The molecule has 1 atom stereocenters. The second-order valence-corrected chi connectivity index (χ2v) is 9.39. The van der Waals surface area contributed by atoms with E-state index in [0.29, 0.717) is 24.3 Å². The van der Waals surface area contributed by atoms with Crippen molar-refractivity contribution in [3.63, 3.8) is 0 Å². The van der Waals surface area contributed by atoms with Crippen molar-refractivity contribution in [2.24, 2.45) is 0 Å². The third-order valence-corrected chi connectivity index (χ3v) is 5.88. The largest absolute Gasteiger partial charge is 0.507 e. The molecule has 1 aliphatic rings. The second-order valence-electron chi connectivity index (χ2n) is 9.39. The Hall–Kier alpha value is -3.88. The van der Waals surface area contributed by atoms with Gasteiger partial charge in [-0.2, -0.15) is 0 Å². The Labute approximate surface area is 203 Å². The van der Waals surface area contributed by atoms with Gasteiger partial charge >= 0.3 is 5.69 Å². The Morgan fingerprint density at radius 2 is 1.83 bits per heavy atom. The summed E-state index contributed by atoms with van der Waals surface area (Å²) in [5, 5.41) is 32.6. The molecule has 35 heavy (non-hydrogen) atoms. The van der Waals surface area contributed by atoms with Crippen LogP contribution < -0.4 is 4.74 Å². The van der Waals surface area contributed by atoms with Crippen LogP contribution in [0.1, 0.15) is 63.8 Å². The van der Waals surface area contributed by atoms with E-state index in [0.717, 1.165) is 17.7 Å². The summed E-state index contributed by atoms with van der Waals surface area (Å²) in [5.41, 5.74) is 0.319. The van der Waals surface area contributed by atoms with E-state index in [1.165, 1.54) is 11.0 Å². The van der Waals surface area contributed by atoms with Crippen molar-refractivity contribution in [3.8, 4) is 11.5 Å². The minimum absolute atomic E-state index is 0.160. The fourth-order valence-corrected chi connectivity index (χ4v) is 4.26. The van der Waals surface area contributed by atoms with Crippen LogP contribution in [-0.2, 0) is 15.0 Å². The molecule has 0 radical (unpaired) electrons. The number of aliphatic hydroxyl groups excluding tert-OH is 1. The summed E-state index contributed by atoms with van der Waals surface area (Å²) in [4.78, 5) is 38.0. The van der Waals surface area contributed by atoms with Crippen molar-refractivity contribution in [2.75, 3.05) is 13.2 Å². The summed E-state index contributed by atoms with van der Waals surface area (Å²) >= 11 is 0. The van der Waals surface area contributed by atoms with Gasteiger partial charge in [0, 0.05) is 23.7 Å². The molecular formula is C26H30N2O7. The number of aromatic hydroxyl groups is 1. The molecule has 1 aliphatic heterocycles. The van der Waals surface area contributed by atoms with Gasteiger partial charge in [0.2, 0.25) is 0 Å². The van der Waals surface area contributed by atoms with Gasteiger partial charge in [0.05, 0.1) is 23.1 Å². The number of nitro benzene ring substituents is 1. The van der Waals surface area contributed by atoms with Crippen LogP contribution >= 0.6 is 0 Å². The lowest BCUT2D eigenvalue weighted by Crippen LogP contribution is -2.30. The Bertz CT molecular complexity index is 1210. The predicted octanol–water partition coefficient (Wildman–Crippen LogP) is 4.83. The number of amides is 1. The number of likely N-dealkylation sites (tertiary alicyclic amines) is 1. The number of nitro groups is 1. The van der Waals surface area contributed by atoms with Crippen molar-refractivity contribution in [2.45, 2.75) is 52.5 Å². The Morgan fingerprint density at radius 3 is 2.40 bits per heavy atom. The minimum Gasteiger partial charge on any atom is -0.507 e. The van der Waals surface area contributed by atoms with Crippen LogP contribution in [0.25, 0.3) is 5.76 Å². The second kappa shape index (κ2) is 9.77. The van der Waals surface area contributed by atoms with Crippen LogP contribution in [0.3, 0.4) is 0 Å². The molecule has 1 amide bonds. The monoisotopic (exact) mass is 482 g/mol. The van der Waals surface area contributed by atoms with Crippen LogP contribution in [0.15, 0.2) is 42.0 Å². The molecule has 0 bridgehead atoms. The number of nitrogens with zero attached hydrogens (tertiary/aromatic N) is 2. The standard InChI is InChI=1S/C26H30N2O7/c1-6-12-27-22(15-8-10-19(29)18(14-15)28(33)34)21(24(31)25(27)32)23(30)16-9-11-20(35-7-2)17(13-16)26(3,4)5/h8-11,13-14,22,29-30H,6-7,12H2,1-5H3/b23-21-. The quantitative estimate of drug-likeness (QED) is 0.190. The van der Waals surface area contributed by atoms with Gasteiger partial charge in [-0.05, 0) is 48.6 Å². The van der Waals surface area contributed by atoms with Gasteiger partial charge in [-0.3, -0.25) is 19.7 Å². The number of ketones is 1. The lowest BCUT2D eigenvalue weighted by atomic mass is 9.84. The molecule has 2 N–H and O–H groups in total. The van der Waals surface area contributed by atoms with E-state index in [1.54, 1.807) is 18.2 Å². The minimum atomic E-state index is -1.04. The van der Waals surface area contributed by atoms with Gasteiger partial charge in [-0.15, -0.1) is 0 Å². The molecule has 1 heterocycles. The summed E-state index contributed by atoms with van der Waals surface area (Å²) < 4.78 is 5.73. The molecule has 1 unspecified atom stereocenters. The number of aliphatic hydroxyl groups is 1. The van der Waals surface area contributed by atoms with Crippen molar-refractivity contribution >= 4 is 23.1 Å². The first-order valence-corrected chi connectivity index (χ1v) is 11.5. The highest BCUT2D eigenvalue weighted by Crippen LogP contribution is 2.42. The van der Waals surface area contributed by atoms with Crippen molar-refractivity contribution in [1.29, 1.82) is 0 Å². The third-order valence-electron chi connectivity index (χ3n) is 5.88. The predicted molar refractivity (Wildman–Crippen MR) is 130 cm³/mol. The van der Waals surface area contributed by atoms with Crippen LogP contribution in [0.5, 0.6) is 11.5 Å². The number of hydrogen-bond acceptors (Lipinski definition) is 7. The van der Waals surface area contributed by atoms with Gasteiger partial charge in [-0.25, -0.2) is 0 Å². The highest BCUT2D eigenvalue weighted by Gasteiger charge is 2.46. The number of carbonyl (C=O) groups excluding carboxylic acids is 2. The molecule has 0 saturated carbocycles. The molecule has 2 aromatic carbocycles. The fraction of sp³-hybridized carbons (Fsp3) is 0.385. The zero-order valence-corrected chi connectivity index (χ0v) is 20.5. The highest BCUT2D eigenvalue weighted by molar-refractivity contribution is 6.46. The fourth-order valence-electron chi connectivity index (χ4n) is 4.26. The number of rotatable bonds is 7. The number of phenols is 1. The lowest BCUT2D eigenvalue weighted by Gasteiger charge is -2.25. The van der Waals surface area contributed by atoms with E-state index in [1.807, 2.05) is 34.6 Å². The normalized spacial score (nSPS) is 17.6. The topological polar surface area (TPSA) is 130 Å². The van der Waals surface area contributed by atoms with E-state index in [4.69, 9.17) is 4.74 Å². The first-order valence-electron chi connectivity index (χ1n) is 11.5. The zero-order chi connectivity index (χ0) is 26.1. The lowest BCUT2D eigenvalue weighted by molar-refractivity contribution is -0.385. The third kappa shape index (κ3) is 4.84. The van der Waals surface area contributed by atoms with Crippen LogP contribution in [0, 0.1) is 10.1 Å². The van der Waals surface area contributed by atoms with E-state index >= 15 is 0 Å². The molecule has 2 aromatic rings. The molecule has 0 aliphatic carbocycles. The summed E-state index contributed by atoms with van der Waals surface area (Å²) in [6, 6.07) is 7.69.